The van der Waals surface area contributed by atoms with Crippen LogP contribution in [0, 0.1) is 12.3 Å². The molecule has 2 heterocycles. The molecule has 1 aliphatic carbocycles. The van der Waals surface area contributed by atoms with E-state index >= 15 is 0 Å². The van der Waals surface area contributed by atoms with E-state index in [1.54, 1.807) is 0 Å². The lowest BCUT2D eigenvalue weighted by atomic mass is 9.59. The SMILES string of the molecule is CC.CCc1c(C)c2cc3c(cc2c2cccc[n+]12)C(C)(C)C(C)(C)C3(C)C. The number of hydrogen-bond acceptors (Lipinski definition) is 0. The minimum Gasteiger partial charge on any atom is -0.164 e. The van der Waals surface area contributed by atoms with Crippen LogP contribution < -0.4 is 4.40 Å². The van der Waals surface area contributed by atoms with Gasteiger partial charge in [-0.1, -0.05) is 62.3 Å². The molecule has 150 valence electrons. The quantitative estimate of drug-likeness (QED) is 0.316. The van der Waals surface area contributed by atoms with E-state index in [1.807, 2.05) is 13.8 Å². The monoisotopic (exact) mass is 376 g/mol. The van der Waals surface area contributed by atoms with E-state index in [0.29, 0.717) is 0 Å². The number of pyridine rings is 2. The Morgan fingerprint density at radius 2 is 1.36 bits per heavy atom. The Labute approximate surface area is 171 Å². The fourth-order valence-electron chi connectivity index (χ4n) is 5.28. The molecule has 28 heavy (non-hydrogen) atoms. The van der Waals surface area contributed by atoms with Crippen LogP contribution >= 0.6 is 0 Å². The number of fused-ring (bicyclic) bond motifs is 4. The lowest BCUT2D eigenvalue weighted by molar-refractivity contribution is -0.520. The summed E-state index contributed by atoms with van der Waals surface area (Å²) in [7, 11) is 0. The molecule has 0 unspecified atom stereocenters. The zero-order valence-corrected chi connectivity index (χ0v) is 19.6. The van der Waals surface area contributed by atoms with Gasteiger partial charge in [0.25, 0.3) is 0 Å². The number of aryl methyl sites for hydroxylation is 2. The van der Waals surface area contributed by atoms with E-state index in [2.05, 4.69) is 96.3 Å². The highest BCUT2D eigenvalue weighted by molar-refractivity contribution is 5.97. The number of nitrogens with zero attached hydrogens (tertiary/aromatic N) is 1. The largest absolute Gasteiger partial charge is 0.218 e. The smallest absolute Gasteiger partial charge is 0.164 e. The van der Waals surface area contributed by atoms with Crippen molar-refractivity contribution in [3.8, 4) is 0 Å². The average Bonchev–Trinajstić information content (AvgIpc) is 2.78. The van der Waals surface area contributed by atoms with Gasteiger partial charge in [0.1, 0.15) is 0 Å². The van der Waals surface area contributed by atoms with Crippen molar-refractivity contribution in [2.24, 2.45) is 5.41 Å². The Balaban J connectivity index is 0.00000109. The molecule has 3 aromatic rings. The molecule has 0 N–H and O–H groups in total. The molecule has 0 atom stereocenters. The van der Waals surface area contributed by atoms with Crippen molar-refractivity contribution < 1.29 is 4.40 Å². The van der Waals surface area contributed by atoms with Crippen molar-refractivity contribution in [2.75, 3.05) is 0 Å². The molecule has 0 radical (unpaired) electrons. The third kappa shape index (κ3) is 2.41. The number of rotatable bonds is 1. The van der Waals surface area contributed by atoms with Crippen LogP contribution in [-0.2, 0) is 17.3 Å². The minimum absolute atomic E-state index is 0.142. The van der Waals surface area contributed by atoms with Crippen LogP contribution in [0.2, 0.25) is 0 Å². The molecule has 0 spiro atoms. The van der Waals surface area contributed by atoms with Crippen molar-refractivity contribution >= 4 is 16.3 Å². The number of hydrogen-bond donors (Lipinski definition) is 0. The highest BCUT2D eigenvalue weighted by Gasteiger charge is 2.56. The zero-order valence-electron chi connectivity index (χ0n) is 19.6. The second-order valence-corrected chi connectivity index (χ2v) is 9.70. The first kappa shape index (κ1) is 20.8. The van der Waals surface area contributed by atoms with E-state index in [0.717, 1.165) is 6.42 Å². The van der Waals surface area contributed by atoms with Gasteiger partial charge in [-0.3, -0.25) is 0 Å². The second-order valence-electron chi connectivity index (χ2n) is 9.70. The predicted octanol–water partition coefficient (Wildman–Crippen LogP) is 7.07. The van der Waals surface area contributed by atoms with Gasteiger partial charge in [0.2, 0.25) is 5.52 Å². The molecule has 1 aromatic carbocycles. The van der Waals surface area contributed by atoms with Crippen LogP contribution in [0.5, 0.6) is 0 Å². The molecule has 0 saturated carbocycles. The summed E-state index contributed by atoms with van der Waals surface area (Å²) in [5.74, 6) is 0. The van der Waals surface area contributed by atoms with Gasteiger partial charge in [0.15, 0.2) is 11.9 Å². The van der Waals surface area contributed by atoms with Crippen molar-refractivity contribution in [3.63, 3.8) is 0 Å². The van der Waals surface area contributed by atoms with Gasteiger partial charge in [-0.15, -0.1) is 0 Å². The lowest BCUT2D eigenvalue weighted by Gasteiger charge is -2.44. The van der Waals surface area contributed by atoms with Crippen molar-refractivity contribution in [2.45, 2.75) is 86.5 Å². The molecule has 1 nitrogen and oxygen atoms in total. The maximum absolute atomic E-state index is 2.52. The first-order chi connectivity index (χ1) is 13.1. The van der Waals surface area contributed by atoms with Gasteiger partial charge in [-0.2, -0.15) is 4.40 Å². The summed E-state index contributed by atoms with van der Waals surface area (Å²) in [6.07, 6.45) is 3.26. The number of benzene rings is 1. The van der Waals surface area contributed by atoms with E-state index in [-0.39, 0.29) is 16.2 Å². The Bertz CT molecular complexity index is 1050. The van der Waals surface area contributed by atoms with Crippen LogP contribution in [-0.4, -0.2) is 0 Å². The van der Waals surface area contributed by atoms with Gasteiger partial charge < -0.3 is 0 Å². The molecular weight excluding hydrogens is 338 g/mol. The first-order valence-electron chi connectivity index (χ1n) is 11.0. The Morgan fingerprint density at radius 3 is 1.89 bits per heavy atom. The molecule has 4 rings (SSSR count). The second kappa shape index (κ2) is 6.58. The van der Waals surface area contributed by atoms with Crippen LogP contribution in [0.25, 0.3) is 16.3 Å². The maximum atomic E-state index is 2.52. The van der Waals surface area contributed by atoms with E-state index in [4.69, 9.17) is 0 Å². The summed E-state index contributed by atoms with van der Waals surface area (Å²) in [4.78, 5) is 0. The molecular formula is C27H38N+. The summed E-state index contributed by atoms with van der Waals surface area (Å²) in [5.41, 5.74) is 7.71. The average molecular weight is 377 g/mol. The molecule has 2 aromatic heterocycles. The third-order valence-electron chi connectivity index (χ3n) is 8.23. The van der Waals surface area contributed by atoms with Gasteiger partial charge in [-0.05, 0) is 57.9 Å². The van der Waals surface area contributed by atoms with Gasteiger partial charge in [0.05, 0.1) is 5.39 Å². The summed E-state index contributed by atoms with van der Waals surface area (Å²) >= 11 is 0. The Morgan fingerprint density at radius 1 is 0.821 bits per heavy atom. The van der Waals surface area contributed by atoms with E-state index in [9.17, 15) is 0 Å². The summed E-state index contributed by atoms with van der Waals surface area (Å²) < 4.78 is 2.39. The highest BCUT2D eigenvalue weighted by atomic mass is 14.9. The van der Waals surface area contributed by atoms with Gasteiger partial charge >= 0.3 is 0 Å². The summed E-state index contributed by atoms with van der Waals surface area (Å²) in [6.45, 7) is 23.1. The minimum atomic E-state index is 0.142. The fraction of sp³-hybridized carbons (Fsp3) is 0.519. The van der Waals surface area contributed by atoms with E-state index < -0.39 is 0 Å². The zero-order chi connectivity index (χ0) is 21.1. The molecule has 1 heteroatoms. The molecule has 0 bridgehead atoms. The summed E-state index contributed by atoms with van der Waals surface area (Å²) in [5, 5.41) is 2.81. The topological polar surface area (TPSA) is 4.10 Å². The molecule has 0 saturated heterocycles. The molecule has 0 fully saturated rings. The molecule has 0 aliphatic heterocycles. The van der Waals surface area contributed by atoms with Crippen LogP contribution in [0.1, 0.15) is 84.7 Å². The normalized spacial score (nSPS) is 18.6. The Hall–Kier alpha value is -1.89. The fourth-order valence-corrected chi connectivity index (χ4v) is 5.28. The maximum Gasteiger partial charge on any atom is 0.218 e. The highest BCUT2D eigenvalue weighted by Crippen LogP contribution is 2.62. The third-order valence-corrected chi connectivity index (χ3v) is 8.23. The standard InChI is InChI=1S/C25H32N.C2H6/c1-9-21-16(2)17-14-19-20(24(5,6)25(7,8)23(19,3)4)15-18(17)22-12-10-11-13-26(21)22;1-2/h10-15H,9H2,1-8H3;1-2H3/q+1;. The Kier molecular flexibility index (Phi) is 4.89. The van der Waals surface area contributed by atoms with E-state index in [1.165, 1.54) is 38.7 Å². The first-order valence-corrected chi connectivity index (χ1v) is 11.0. The van der Waals surface area contributed by atoms with Crippen molar-refractivity contribution in [1.29, 1.82) is 0 Å². The molecule has 0 amide bonds. The van der Waals surface area contributed by atoms with Gasteiger partial charge in [-0.25, -0.2) is 0 Å². The van der Waals surface area contributed by atoms with Crippen molar-refractivity contribution in [1.82, 2.24) is 0 Å². The van der Waals surface area contributed by atoms with Gasteiger partial charge in [0, 0.05) is 24.1 Å². The van der Waals surface area contributed by atoms with Crippen LogP contribution in [0.3, 0.4) is 0 Å². The van der Waals surface area contributed by atoms with Crippen LogP contribution in [0.4, 0.5) is 0 Å². The predicted molar refractivity (Wildman–Crippen MR) is 122 cm³/mol. The number of aromatic nitrogens is 1. The van der Waals surface area contributed by atoms with Crippen LogP contribution in [0.15, 0.2) is 36.5 Å². The van der Waals surface area contributed by atoms with Crippen molar-refractivity contribution in [3.05, 3.63) is 58.9 Å². The molecule has 1 aliphatic rings. The summed E-state index contributed by atoms with van der Waals surface area (Å²) in [6, 6.07) is 11.6. The lowest BCUT2D eigenvalue weighted by Crippen LogP contribution is -2.42.